The highest BCUT2D eigenvalue weighted by molar-refractivity contribution is 5.90. The number of benzene rings is 7. The van der Waals surface area contributed by atoms with Gasteiger partial charge in [-0.15, -0.1) is 0 Å². The van der Waals surface area contributed by atoms with E-state index in [1.165, 1.54) is 27.8 Å². The lowest BCUT2D eigenvalue weighted by Gasteiger charge is -2.40. The molecule has 1 spiro atoms. The fourth-order valence-electron chi connectivity index (χ4n) is 8.02. The molecule has 0 unspecified atom stereocenters. The van der Waals surface area contributed by atoms with E-state index in [1.807, 2.05) is 24.3 Å². The van der Waals surface area contributed by atoms with Crippen LogP contribution in [0.25, 0.3) is 56.2 Å². The molecule has 2 heterocycles. The first-order valence-corrected chi connectivity index (χ1v) is 17.0. The van der Waals surface area contributed by atoms with E-state index in [1.54, 1.807) is 0 Å². The normalized spacial score (nSPS) is 13.1. The number of para-hydroxylation sites is 2. The summed E-state index contributed by atoms with van der Waals surface area (Å²) in [6, 6.07) is 64.0. The first-order valence-electron chi connectivity index (χ1n) is 17.0. The lowest BCUT2D eigenvalue weighted by molar-refractivity contribution is 0.438. The van der Waals surface area contributed by atoms with Gasteiger partial charge in [-0.05, 0) is 57.6 Å². The van der Waals surface area contributed by atoms with Gasteiger partial charge in [0.2, 0.25) is 0 Å². The van der Waals surface area contributed by atoms with Gasteiger partial charge in [-0.3, -0.25) is 0 Å². The molecule has 0 radical (unpaired) electrons. The van der Waals surface area contributed by atoms with Crippen LogP contribution in [-0.2, 0) is 5.41 Å². The zero-order valence-electron chi connectivity index (χ0n) is 27.1. The van der Waals surface area contributed by atoms with Crippen LogP contribution in [0.5, 0.6) is 11.5 Å². The summed E-state index contributed by atoms with van der Waals surface area (Å²) in [5.41, 5.74) is 13.6. The fourth-order valence-corrected chi connectivity index (χ4v) is 8.02. The van der Waals surface area contributed by atoms with Crippen LogP contribution < -0.4 is 4.74 Å². The predicted octanol–water partition coefficient (Wildman–Crippen LogP) is 11.6. The highest BCUT2D eigenvalue weighted by Crippen LogP contribution is 2.63. The van der Waals surface area contributed by atoms with Crippen molar-refractivity contribution < 1.29 is 4.74 Å². The van der Waals surface area contributed by atoms with Crippen LogP contribution in [0.2, 0.25) is 0 Å². The molecular weight excluding hydrogens is 609 g/mol. The number of rotatable bonds is 4. The molecule has 3 nitrogen and oxygen atoms in total. The van der Waals surface area contributed by atoms with Crippen molar-refractivity contribution >= 4 is 0 Å². The Bertz CT molecular complexity index is 2530. The van der Waals surface area contributed by atoms with Crippen LogP contribution in [0.3, 0.4) is 0 Å². The molecule has 3 heteroatoms. The summed E-state index contributed by atoms with van der Waals surface area (Å²) in [4.78, 5) is 10.4. The van der Waals surface area contributed by atoms with Crippen molar-refractivity contribution in [2.75, 3.05) is 0 Å². The molecule has 234 valence electrons. The van der Waals surface area contributed by atoms with Gasteiger partial charge >= 0.3 is 0 Å². The third-order valence-electron chi connectivity index (χ3n) is 10.2. The molecule has 2 aliphatic rings. The first-order chi connectivity index (χ1) is 24.8. The highest BCUT2D eigenvalue weighted by atomic mass is 16.5. The van der Waals surface area contributed by atoms with Gasteiger partial charge in [0.05, 0.1) is 16.8 Å². The molecule has 1 aliphatic carbocycles. The zero-order chi connectivity index (χ0) is 33.1. The van der Waals surface area contributed by atoms with Gasteiger partial charge in [-0.25, -0.2) is 9.97 Å². The van der Waals surface area contributed by atoms with Crippen LogP contribution in [-0.4, -0.2) is 9.97 Å². The minimum atomic E-state index is -0.546. The van der Waals surface area contributed by atoms with Crippen LogP contribution >= 0.6 is 0 Å². The van der Waals surface area contributed by atoms with E-state index < -0.39 is 5.41 Å². The second kappa shape index (κ2) is 11.3. The quantitative estimate of drug-likeness (QED) is 0.192. The highest BCUT2D eigenvalue weighted by Gasteiger charge is 2.51. The molecule has 0 saturated heterocycles. The molecule has 0 N–H and O–H groups in total. The molecule has 0 fully saturated rings. The molecule has 0 atom stereocenters. The maximum Gasteiger partial charge on any atom is 0.160 e. The topological polar surface area (TPSA) is 35.0 Å². The second-order valence-electron chi connectivity index (χ2n) is 12.9. The van der Waals surface area contributed by atoms with E-state index in [0.717, 1.165) is 56.3 Å². The van der Waals surface area contributed by atoms with Crippen molar-refractivity contribution in [3.63, 3.8) is 0 Å². The molecule has 8 aromatic rings. The van der Waals surface area contributed by atoms with Crippen molar-refractivity contribution in [3.05, 3.63) is 204 Å². The molecule has 0 bridgehead atoms. The third-order valence-corrected chi connectivity index (χ3v) is 10.2. The summed E-state index contributed by atoms with van der Waals surface area (Å²) in [7, 11) is 0. The average molecular weight is 639 g/mol. The van der Waals surface area contributed by atoms with Crippen molar-refractivity contribution in [1.29, 1.82) is 0 Å². The van der Waals surface area contributed by atoms with E-state index in [4.69, 9.17) is 14.7 Å². The number of aromatic nitrogens is 2. The summed E-state index contributed by atoms with van der Waals surface area (Å²) >= 11 is 0. The predicted molar refractivity (Wildman–Crippen MR) is 201 cm³/mol. The Labute approximate surface area is 291 Å². The van der Waals surface area contributed by atoms with Crippen molar-refractivity contribution in [2.24, 2.45) is 0 Å². The van der Waals surface area contributed by atoms with E-state index in [2.05, 4.69) is 158 Å². The van der Waals surface area contributed by atoms with Gasteiger partial charge in [0.1, 0.15) is 11.5 Å². The van der Waals surface area contributed by atoms with Crippen LogP contribution in [0.1, 0.15) is 22.3 Å². The van der Waals surface area contributed by atoms with Gasteiger partial charge in [-0.1, -0.05) is 158 Å². The number of fused-ring (bicyclic) bond motifs is 9. The van der Waals surface area contributed by atoms with Crippen LogP contribution in [0, 0.1) is 0 Å². The Morgan fingerprint density at radius 1 is 0.360 bits per heavy atom. The Morgan fingerprint density at radius 3 is 1.62 bits per heavy atom. The van der Waals surface area contributed by atoms with E-state index in [-0.39, 0.29) is 0 Å². The van der Waals surface area contributed by atoms with Gasteiger partial charge in [0.25, 0.3) is 0 Å². The van der Waals surface area contributed by atoms with Gasteiger partial charge < -0.3 is 4.74 Å². The standard InChI is InChI=1S/C47H30N2O/c1-3-15-31(16-4-1)33-19-13-20-34(29-33)42-30-43(49-46(48-42)32-17-5-2-6-18-32)37-23-14-27-41-45(37)50-44-28-12-11-26-40(44)47(41)38-24-9-7-21-35(38)36-22-8-10-25-39(36)47/h1-30H. The minimum Gasteiger partial charge on any atom is -0.456 e. The molecule has 0 saturated carbocycles. The van der Waals surface area contributed by atoms with Crippen molar-refractivity contribution in [1.82, 2.24) is 9.97 Å². The van der Waals surface area contributed by atoms with Gasteiger partial charge in [-0.2, -0.15) is 0 Å². The summed E-state index contributed by atoms with van der Waals surface area (Å²) < 4.78 is 6.99. The lowest BCUT2D eigenvalue weighted by atomic mass is 9.65. The van der Waals surface area contributed by atoms with Gasteiger partial charge in [0.15, 0.2) is 5.82 Å². The van der Waals surface area contributed by atoms with E-state index in [9.17, 15) is 0 Å². The molecule has 1 aromatic heterocycles. The third kappa shape index (κ3) is 4.23. The van der Waals surface area contributed by atoms with Crippen molar-refractivity contribution in [2.45, 2.75) is 5.41 Å². The van der Waals surface area contributed by atoms with E-state index in [0.29, 0.717) is 5.82 Å². The van der Waals surface area contributed by atoms with E-state index >= 15 is 0 Å². The Hall–Kier alpha value is -6.58. The van der Waals surface area contributed by atoms with Crippen molar-refractivity contribution in [3.8, 4) is 67.7 Å². The monoisotopic (exact) mass is 638 g/mol. The molecule has 0 amide bonds. The maximum absolute atomic E-state index is 6.99. The summed E-state index contributed by atoms with van der Waals surface area (Å²) in [6.45, 7) is 0. The summed E-state index contributed by atoms with van der Waals surface area (Å²) in [6.07, 6.45) is 0. The van der Waals surface area contributed by atoms with Crippen LogP contribution in [0.15, 0.2) is 182 Å². The number of hydrogen-bond donors (Lipinski definition) is 0. The molecule has 10 rings (SSSR count). The number of hydrogen-bond acceptors (Lipinski definition) is 3. The summed E-state index contributed by atoms with van der Waals surface area (Å²) in [5, 5.41) is 0. The molecule has 7 aromatic carbocycles. The zero-order valence-corrected chi connectivity index (χ0v) is 27.1. The number of ether oxygens (including phenoxy) is 1. The Kier molecular flexibility index (Phi) is 6.40. The maximum atomic E-state index is 6.99. The van der Waals surface area contributed by atoms with Gasteiger partial charge in [0, 0.05) is 27.8 Å². The summed E-state index contributed by atoms with van der Waals surface area (Å²) in [5.74, 6) is 2.34. The minimum absolute atomic E-state index is 0.546. The second-order valence-corrected chi connectivity index (χ2v) is 12.9. The molecular formula is C47H30N2O. The lowest BCUT2D eigenvalue weighted by Crippen LogP contribution is -2.32. The average Bonchev–Trinajstić information content (AvgIpc) is 3.49. The van der Waals surface area contributed by atoms with Crippen LogP contribution in [0.4, 0.5) is 0 Å². The molecule has 50 heavy (non-hydrogen) atoms. The largest absolute Gasteiger partial charge is 0.456 e. The fraction of sp³-hybridized carbons (Fsp3) is 0.0213. The number of nitrogens with zero attached hydrogens (tertiary/aromatic N) is 2. The molecule has 1 aliphatic heterocycles. The first kappa shape index (κ1) is 28.4. The SMILES string of the molecule is c1ccc(-c2cccc(-c3cc(-c4cccc5c4Oc4ccccc4C54c5ccccc5-c5ccccc54)nc(-c4ccccc4)n3)c2)cc1. The Balaban J connectivity index is 1.23. The smallest absolute Gasteiger partial charge is 0.160 e. The Morgan fingerprint density at radius 2 is 0.880 bits per heavy atom.